The largest absolute Gasteiger partial charge is 0.458 e. The van der Waals surface area contributed by atoms with Gasteiger partial charge in [0, 0.05) is 0 Å². The fourth-order valence-electron chi connectivity index (χ4n) is 0.935. The Balaban J connectivity index is 5.29. The Morgan fingerprint density at radius 1 is 1.17 bits per heavy atom. The minimum Gasteiger partial charge on any atom is -0.458 e. The topological polar surface area (TPSA) is 78.9 Å². The van der Waals surface area contributed by atoms with E-state index in [1.165, 1.54) is 5.70 Å². The van der Waals surface area contributed by atoms with Gasteiger partial charge in [-0.1, -0.05) is 5.70 Å². The van der Waals surface area contributed by atoms with Crippen molar-refractivity contribution < 1.29 is 27.8 Å². The molecule has 0 fully saturated rings. The molecule has 0 N–H and O–H groups in total. The SMILES string of the molecule is C=C[Si](C)(C)OP(=O)(C(=O)OCC)C(=O)OCC. The van der Waals surface area contributed by atoms with Crippen molar-refractivity contribution in [1.29, 1.82) is 0 Å². The van der Waals surface area contributed by atoms with E-state index < -0.39 is 27.1 Å². The van der Waals surface area contributed by atoms with Crippen molar-refractivity contribution >= 4 is 27.1 Å². The molecule has 0 atom stereocenters. The lowest BCUT2D eigenvalue weighted by Gasteiger charge is -2.23. The van der Waals surface area contributed by atoms with Crippen LogP contribution < -0.4 is 0 Å². The lowest BCUT2D eigenvalue weighted by Crippen LogP contribution is -2.30. The molecule has 0 saturated heterocycles. The molecule has 0 saturated carbocycles. The standard InChI is InChI=1S/C10H19O6PSi/c1-6-14-9(11)17(13,10(12)15-7-2)16-18(4,5)8-3/h8H,3,6-7H2,1-2,4-5H3. The first kappa shape index (κ1) is 17.1. The fraction of sp³-hybridized carbons (Fsp3) is 0.600. The minimum absolute atomic E-state index is 0.00165. The van der Waals surface area contributed by atoms with Crippen LogP contribution in [0, 0.1) is 0 Å². The molecule has 0 rings (SSSR count). The second-order valence-electron chi connectivity index (χ2n) is 3.85. The van der Waals surface area contributed by atoms with Crippen LogP contribution in [0.2, 0.25) is 13.1 Å². The van der Waals surface area contributed by atoms with Gasteiger partial charge in [0.1, 0.15) is 0 Å². The maximum Gasteiger partial charge on any atom is 0.404 e. The van der Waals surface area contributed by atoms with Gasteiger partial charge in [0.05, 0.1) is 13.2 Å². The molecule has 0 aromatic carbocycles. The third kappa shape index (κ3) is 4.40. The highest BCUT2D eigenvalue weighted by Gasteiger charge is 2.48. The first-order valence-electron chi connectivity index (χ1n) is 5.52. The molecule has 8 heteroatoms. The van der Waals surface area contributed by atoms with E-state index in [1.54, 1.807) is 26.9 Å². The van der Waals surface area contributed by atoms with Gasteiger partial charge in [-0.25, -0.2) is 9.59 Å². The average Bonchev–Trinajstić information content (AvgIpc) is 2.29. The molecule has 0 aromatic rings. The van der Waals surface area contributed by atoms with Crippen molar-refractivity contribution in [2.75, 3.05) is 13.2 Å². The summed E-state index contributed by atoms with van der Waals surface area (Å²) in [6.07, 6.45) is 0. The molecular formula is C10H19O6PSi. The smallest absolute Gasteiger partial charge is 0.404 e. The molecule has 6 nitrogen and oxygen atoms in total. The van der Waals surface area contributed by atoms with Crippen molar-refractivity contribution in [3.8, 4) is 0 Å². The molecule has 0 aliphatic carbocycles. The van der Waals surface area contributed by atoms with Crippen LogP contribution in [0.1, 0.15) is 13.8 Å². The number of carbonyl (C=O) groups is 2. The summed E-state index contributed by atoms with van der Waals surface area (Å²) in [5, 5.41) is 0. The maximum absolute atomic E-state index is 12.4. The molecule has 0 unspecified atom stereocenters. The van der Waals surface area contributed by atoms with E-state index >= 15 is 0 Å². The maximum atomic E-state index is 12.4. The average molecular weight is 294 g/mol. The zero-order valence-corrected chi connectivity index (χ0v) is 13.0. The van der Waals surface area contributed by atoms with Crippen LogP contribution in [0.4, 0.5) is 9.59 Å². The normalized spacial score (nSPS) is 11.8. The van der Waals surface area contributed by atoms with Crippen LogP contribution in [-0.4, -0.2) is 33.0 Å². The number of rotatable bonds is 7. The van der Waals surface area contributed by atoms with Crippen LogP contribution in [0.15, 0.2) is 12.3 Å². The van der Waals surface area contributed by atoms with E-state index in [1.807, 2.05) is 0 Å². The number of ether oxygens (including phenoxy) is 2. The lowest BCUT2D eigenvalue weighted by molar-refractivity contribution is 0.164. The summed E-state index contributed by atoms with van der Waals surface area (Å²) in [4.78, 5) is 23.3. The molecule has 0 aliphatic heterocycles. The number of hydrogen-bond acceptors (Lipinski definition) is 6. The third-order valence-corrected chi connectivity index (χ3v) is 6.99. The van der Waals surface area contributed by atoms with Gasteiger partial charge in [0.2, 0.25) is 8.32 Å². The van der Waals surface area contributed by atoms with E-state index in [0.29, 0.717) is 0 Å². The number of carbonyl (C=O) groups excluding carboxylic acids is 2. The lowest BCUT2D eigenvalue weighted by atomic mass is 10.9. The van der Waals surface area contributed by atoms with Crippen molar-refractivity contribution in [2.24, 2.45) is 0 Å². The molecule has 0 amide bonds. The predicted octanol–water partition coefficient (Wildman–Crippen LogP) is 3.52. The van der Waals surface area contributed by atoms with Gasteiger partial charge in [-0.2, -0.15) is 0 Å². The van der Waals surface area contributed by atoms with Gasteiger partial charge in [-0.05, 0) is 26.9 Å². The summed E-state index contributed by atoms with van der Waals surface area (Å²) < 4.78 is 26.9. The zero-order valence-electron chi connectivity index (χ0n) is 11.1. The zero-order chi connectivity index (χ0) is 14.4. The molecule has 18 heavy (non-hydrogen) atoms. The van der Waals surface area contributed by atoms with Gasteiger partial charge in [-0.15, -0.1) is 6.58 Å². The molecule has 0 spiro atoms. The first-order valence-corrected chi connectivity index (χ1v) is 10.1. The van der Waals surface area contributed by atoms with Crippen molar-refractivity contribution in [3.63, 3.8) is 0 Å². The van der Waals surface area contributed by atoms with Crippen molar-refractivity contribution in [2.45, 2.75) is 26.9 Å². The van der Waals surface area contributed by atoms with Gasteiger partial charge < -0.3 is 13.7 Å². The molecule has 0 bridgehead atoms. The monoisotopic (exact) mass is 294 g/mol. The summed E-state index contributed by atoms with van der Waals surface area (Å²) in [5.41, 5.74) is -0.880. The fourth-order valence-corrected chi connectivity index (χ4v) is 5.23. The Morgan fingerprint density at radius 3 is 1.83 bits per heavy atom. The van der Waals surface area contributed by atoms with Crippen LogP contribution in [-0.2, 0) is 18.3 Å². The van der Waals surface area contributed by atoms with Crippen molar-refractivity contribution in [1.82, 2.24) is 0 Å². The van der Waals surface area contributed by atoms with Crippen LogP contribution >= 0.6 is 7.37 Å². The van der Waals surface area contributed by atoms with E-state index in [9.17, 15) is 14.2 Å². The van der Waals surface area contributed by atoms with Gasteiger partial charge in [-0.3, -0.25) is 4.57 Å². The first-order chi connectivity index (χ1) is 8.23. The van der Waals surface area contributed by atoms with E-state index in [4.69, 9.17) is 4.21 Å². The van der Waals surface area contributed by atoms with Crippen LogP contribution in [0.3, 0.4) is 0 Å². The van der Waals surface area contributed by atoms with E-state index in [-0.39, 0.29) is 13.2 Å². The van der Waals surface area contributed by atoms with E-state index in [0.717, 1.165) is 0 Å². The highest BCUT2D eigenvalue weighted by Crippen LogP contribution is 2.53. The minimum atomic E-state index is -4.30. The van der Waals surface area contributed by atoms with Crippen molar-refractivity contribution in [3.05, 3.63) is 12.3 Å². The number of hydrogen-bond donors (Lipinski definition) is 0. The highest BCUT2D eigenvalue weighted by atomic mass is 31.2. The Kier molecular flexibility index (Phi) is 6.52. The summed E-state index contributed by atoms with van der Waals surface area (Å²) in [6.45, 7) is 9.95. The Bertz CT molecular complexity index is 357. The van der Waals surface area contributed by atoms with Crippen LogP contribution in [0.25, 0.3) is 0 Å². The summed E-state index contributed by atoms with van der Waals surface area (Å²) in [5.74, 6) is 0. The second kappa shape index (κ2) is 6.87. The molecular weight excluding hydrogens is 275 g/mol. The Morgan fingerprint density at radius 2 is 1.56 bits per heavy atom. The summed E-state index contributed by atoms with van der Waals surface area (Å²) in [6, 6.07) is 0. The molecule has 0 aromatic heterocycles. The van der Waals surface area contributed by atoms with Gasteiger partial charge in [0.15, 0.2) is 0 Å². The predicted molar refractivity (Wildman–Crippen MR) is 70.4 cm³/mol. The highest BCUT2D eigenvalue weighted by molar-refractivity contribution is 7.90. The van der Waals surface area contributed by atoms with E-state index in [2.05, 4.69) is 16.1 Å². The third-order valence-electron chi connectivity index (χ3n) is 1.87. The summed E-state index contributed by atoms with van der Waals surface area (Å²) in [7, 11) is -6.90. The second-order valence-corrected chi connectivity index (χ2v) is 10.0. The van der Waals surface area contributed by atoms with Crippen LogP contribution in [0.5, 0.6) is 0 Å². The van der Waals surface area contributed by atoms with Gasteiger partial charge >= 0.3 is 18.8 Å². The molecule has 0 radical (unpaired) electrons. The quantitative estimate of drug-likeness (QED) is 0.528. The molecule has 0 aliphatic rings. The molecule has 104 valence electrons. The Labute approximate surface area is 108 Å². The Hall–Kier alpha value is -0.913. The summed E-state index contributed by atoms with van der Waals surface area (Å²) >= 11 is 0. The van der Waals surface area contributed by atoms with Gasteiger partial charge in [0.25, 0.3) is 0 Å². The molecule has 0 heterocycles.